The van der Waals surface area contributed by atoms with E-state index in [-0.39, 0.29) is 16.8 Å². The monoisotopic (exact) mass is 374 g/mol. The summed E-state index contributed by atoms with van der Waals surface area (Å²) >= 11 is 0. The van der Waals surface area contributed by atoms with E-state index in [1.54, 1.807) is 6.92 Å². The van der Waals surface area contributed by atoms with E-state index >= 15 is 0 Å². The van der Waals surface area contributed by atoms with E-state index in [0.29, 0.717) is 12.1 Å². The molecule has 0 spiro atoms. The highest BCUT2D eigenvalue weighted by atomic mass is 32.2. The van der Waals surface area contributed by atoms with Crippen LogP contribution >= 0.6 is 0 Å². The fourth-order valence-corrected chi connectivity index (χ4v) is 3.95. The van der Waals surface area contributed by atoms with Crippen LogP contribution in [-0.2, 0) is 23.1 Å². The summed E-state index contributed by atoms with van der Waals surface area (Å²) < 4.78 is 32.8. The summed E-state index contributed by atoms with van der Waals surface area (Å²) in [4.78, 5) is 23.7. The second kappa shape index (κ2) is 6.89. The van der Waals surface area contributed by atoms with Crippen molar-refractivity contribution in [1.82, 2.24) is 8.87 Å². The largest absolute Gasteiger partial charge is 0.422 e. The Hall–Kier alpha value is -2.71. The predicted octanol–water partition coefficient (Wildman–Crippen LogP) is 1.80. The van der Waals surface area contributed by atoms with Crippen molar-refractivity contribution < 1.29 is 12.8 Å². The van der Waals surface area contributed by atoms with Gasteiger partial charge in [0.1, 0.15) is 0 Å². The van der Waals surface area contributed by atoms with E-state index in [2.05, 4.69) is 4.42 Å². The van der Waals surface area contributed by atoms with Crippen molar-refractivity contribution in [2.45, 2.75) is 24.9 Å². The molecule has 0 aliphatic heterocycles. The highest BCUT2D eigenvalue weighted by Crippen LogP contribution is 2.20. The molecule has 0 unspecified atom stereocenters. The lowest BCUT2D eigenvalue weighted by Crippen LogP contribution is -2.27. The van der Waals surface area contributed by atoms with Crippen LogP contribution in [0.15, 0.2) is 67.4 Å². The summed E-state index contributed by atoms with van der Waals surface area (Å²) in [5, 5.41) is 0.0561. The second-order valence-corrected chi connectivity index (χ2v) is 7.87. The Morgan fingerprint density at radius 2 is 1.77 bits per heavy atom. The quantitative estimate of drug-likeness (QED) is 0.679. The maximum absolute atomic E-state index is 12.8. The smallest absolute Gasteiger partial charge is 0.372 e. The minimum absolute atomic E-state index is 0.0305. The molecule has 0 saturated heterocycles. The number of benzene rings is 2. The van der Waals surface area contributed by atoms with Gasteiger partial charge in [0.05, 0.1) is 15.8 Å². The molecule has 0 amide bonds. The lowest BCUT2D eigenvalue weighted by atomic mass is 10.2. The zero-order valence-corrected chi connectivity index (χ0v) is 15.2. The number of hydrogen-bond donors (Lipinski definition) is 0. The Morgan fingerprint density at radius 1 is 1.08 bits per heavy atom. The van der Waals surface area contributed by atoms with E-state index in [1.165, 1.54) is 34.1 Å². The minimum atomic E-state index is -3.81. The third-order valence-corrected chi connectivity index (χ3v) is 5.95. The van der Waals surface area contributed by atoms with Gasteiger partial charge in [-0.3, -0.25) is 4.57 Å². The molecule has 136 valence electrons. The molecule has 7 nitrogen and oxygen atoms in total. The molecule has 3 rings (SSSR count). The van der Waals surface area contributed by atoms with Gasteiger partial charge in [-0.25, -0.2) is 18.0 Å². The van der Waals surface area contributed by atoms with Crippen LogP contribution in [0, 0.1) is 0 Å². The van der Waals surface area contributed by atoms with Crippen molar-refractivity contribution in [3.63, 3.8) is 0 Å². The lowest BCUT2D eigenvalue weighted by molar-refractivity contribution is 0.421. The van der Waals surface area contributed by atoms with Gasteiger partial charge in [0.15, 0.2) is 0 Å². The summed E-state index contributed by atoms with van der Waals surface area (Å²) in [7, 11) is -2.34. The first-order chi connectivity index (χ1) is 12.3. The average Bonchev–Trinajstić information content (AvgIpc) is 2.62. The first-order valence-electron chi connectivity index (χ1n) is 8.02. The molecule has 1 aromatic heterocycles. The Kier molecular flexibility index (Phi) is 4.80. The normalized spacial score (nSPS) is 12.0. The molecule has 0 N–H and O–H groups in total. The highest BCUT2D eigenvalue weighted by Gasteiger charge is 2.22. The molecule has 0 atom stereocenters. The number of aromatic nitrogens is 1. The summed E-state index contributed by atoms with van der Waals surface area (Å²) in [5.74, 6) is -0.762. The van der Waals surface area contributed by atoms with Crippen molar-refractivity contribution in [2.75, 3.05) is 7.05 Å². The Balaban J connectivity index is 2.07. The Labute approximate surface area is 150 Å². The van der Waals surface area contributed by atoms with Gasteiger partial charge < -0.3 is 4.42 Å². The summed E-state index contributed by atoms with van der Waals surface area (Å²) in [6.07, 6.45) is 0. The molecule has 0 radical (unpaired) electrons. The zero-order chi connectivity index (χ0) is 18.9. The van der Waals surface area contributed by atoms with Crippen LogP contribution in [0.4, 0.5) is 0 Å². The van der Waals surface area contributed by atoms with Gasteiger partial charge >= 0.3 is 11.4 Å². The average molecular weight is 374 g/mol. The Morgan fingerprint density at radius 3 is 2.42 bits per heavy atom. The lowest BCUT2D eigenvalue weighted by Gasteiger charge is -2.17. The van der Waals surface area contributed by atoms with Gasteiger partial charge in [-0.15, -0.1) is 0 Å². The minimum Gasteiger partial charge on any atom is -0.372 e. The number of fused-ring (bicyclic) bond motifs is 1. The maximum atomic E-state index is 12.8. The summed E-state index contributed by atoms with van der Waals surface area (Å²) in [6, 6.07) is 13.3. The first-order valence-corrected chi connectivity index (χ1v) is 9.46. The topological polar surface area (TPSA) is 89.6 Å². The number of hydrogen-bond acceptors (Lipinski definition) is 5. The third kappa shape index (κ3) is 3.21. The fourth-order valence-electron chi connectivity index (χ4n) is 2.77. The number of aryl methyl sites for hydroxylation is 1. The van der Waals surface area contributed by atoms with Crippen molar-refractivity contribution in [2.24, 2.45) is 0 Å². The summed E-state index contributed by atoms with van der Waals surface area (Å²) in [6.45, 7) is 2.24. The molecule has 3 aromatic rings. The molecule has 0 fully saturated rings. The van der Waals surface area contributed by atoms with Gasteiger partial charge in [0.25, 0.3) is 0 Å². The van der Waals surface area contributed by atoms with Crippen molar-refractivity contribution >= 4 is 20.9 Å². The molecule has 26 heavy (non-hydrogen) atoms. The van der Waals surface area contributed by atoms with E-state index in [9.17, 15) is 18.0 Å². The summed E-state index contributed by atoms with van der Waals surface area (Å²) in [5.41, 5.74) is 0.342. The van der Waals surface area contributed by atoms with Gasteiger partial charge in [-0.1, -0.05) is 30.3 Å². The molecular formula is C18H18N2O5S. The molecule has 1 heterocycles. The molecular weight excluding hydrogens is 356 g/mol. The van der Waals surface area contributed by atoms with Crippen LogP contribution in [-0.4, -0.2) is 24.3 Å². The van der Waals surface area contributed by atoms with Crippen molar-refractivity contribution in [3.8, 4) is 0 Å². The van der Waals surface area contributed by atoms with E-state index in [0.717, 1.165) is 5.56 Å². The fraction of sp³-hybridized carbons (Fsp3) is 0.222. The van der Waals surface area contributed by atoms with Gasteiger partial charge in [0.2, 0.25) is 10.0 Å². The maximum Gasteiger partial charge on any atom is 0.422 e. The molecule has 0 aliphatic carbocycles. The van der Waals surface area contributed by atoms with Gasteiger partial charge in [-0.2, -0.15) is 4.31 Å². The van der Waals surface area contributed by atoms with Gasteiger partial charge in [-0.05, 0) is 30.7 Å². The van der Waals surface area contributed by atoms with Gasteiger partial charge in [0, 0.05) is 20.1 Å². The molecule has 2 aromatic carbocycles. The van der Waals surface area contributed by atoms with E-state index < -0.39 is 21.4 Å². The van der Waals surface area contributed by atoms with Crippen molar-refractivity contribution in [3.05, 3.63) is 75.1 Å². The first kappa shape index (κ1) is 18.1. The van der Waals surface area contributed by atoms with Crippen LogP contribution in [0.2, 0.25) is 0 Å². The number of sulfonamides is 1. The molecule has 0 aliphatic rings. The standard InChI is InChI=1S/C18H18N2O5S/c1-3-20-16-10-9-14(11-15(16)17(21)25-18(20)22)26(23,24)19(2)12-13-7-5-4-6-8-13/h4-11H,3,12H2,1-2H3. The van der Waals surface area contributed by atoms with Crippen molar-refractivity contribution in [1.29, 1.82) is 0 Å². The number of rotatable bonds is 5. The van der Waals surface area contributed by atoms with Crippen LogP contribution < -0.4 is 11.4 Å². The Bertz CT molecular complexity index is 1160. The second-order valence-electron chi connectivity index (χ2n) is 5.83. The third-order valence-electron chi connectivity index (χ3n) is 4.15. The van der Waals surface area contributed by atoms with E-state index in [4.69, 9.17) is 0 Å². The van der Waals surface area contributed by atoms with Crippen LogP contribution in [0.1, 0.15) is 12.5 Å². The molecule has 8 heteroatoms. The molecule has 0 bridgehead atoms. The SMILES string of the molecule is CCn1c(=O)oc(=O)c2cc(S(=O)(=O)N(C)Cc3ccccc3)ccc21. The van der Waals surface area contributed by atoms with Crippen LogP contribution in [0.3, 0.4) is 0 Å². The van der Waals surface area contributed by atoms with Crippen LogP contribution in [0.5, 0.6) is 0 Å². The predicted molar refractivity (Wildman–Crippen MR) is 97.5 cm³/mol. The highest BCUT2D eigenvalue weighted by molar-refractivity contribution is 7.89. The van der Waals surface area contributed by atoms with Crippen LogP contribution in [0.25, 0.3) is 10.9 Å². The molecule has 0 saturated carbocycles. The number of nitrogens with zero attached hydrogens (tertiary/aromatic N) is 2. The van der Waals surface area contributed by atoms with E-state index in [1.807, 2.05) is 30.3 Å². The zero-order valence-electron chi connectivity index (χ0n) is 14.4.